The van der Waals surface area contributed by atoms with Crippen molar-refractivity contribution in [3.8, 4) is 17.2 Å². The lowest BCUT2D eigenvalue weighted by atomic mass is 9.95. The summed E-state index contributed by atoms with van der Waals surface area (Å²) in [6.45, 7) is 9.27. The molecular formula is C23H29NO4. The van der Waals surface area contributed by atoms with Crippen LogP contribution in [0.3, 0.4) is 0 Å². The number of hydrogen-bond donors (Lipinski definition) is 0. The van der Waals surface area contributed by atoms with Crippen LogP contribution in [0.5, 0.6) is 17.2 Å². The number of ether oxygens (including phenoxy) is 3. The van der Waals surface area contributed by atoms with Crippen LogP contribution in [-0.4, -0.2) is 31.8 Å². The monoisotopic (exact) mass is 383 g/mol. The summed E-state index contributed by atoms with van der Waals surface area (Å²) in [4.78, 5) is 15.4. The highest BCUT2D eigenvalue weighted by atomic mass is 16.5. The topological polar surface area (TPSA) is 48.0 Å². The minimum Gasteiger partial charge on any atom is -0.490 e. The first-order valence-corrected chi connectivity index (χ1v) is 10.1. The molecule has 0 fully saturated rings. The number of aryl methyl sites for hydroxylation is 1. The van der Waals surface area contributed by atoms with Crippen molar-refractivity contribution < 1.29 is 19.0 Å². The average molecular weight is 383 g/mol. The lowest BCUT2D eigenvalue weighted by Gasteiger charge is -2.35. The van der Waals surface area contributed by atoms with Gasteiger partial charge in [0.2, 0.25) is 5.75 Å². The molecule has 2 aromatic rings. The summed E-state index contributed by atoms with van der Waals surface area (Å²) in [6, 6.07) is 11.8. The third-order valence-electron chi connectivity index (χ3n) is 4.90. The van der Waals surface area contributed by atoms with Gasteiger partial charge >= 0.3 is 0 Å². The van der Waals surface area contributed by atoms with Crippen LogP contribution in [0.1, 0.15) is 50.0 Å². The highest BCUT2D eigenvalue weighted by Gasteiger charge is 2.30. The second kappa shape index (κ2) is 9.00. The van der Waals surface area contributed by atoms with E-state index in [2.05, 4.69) is 13.0 Å². The number of fused-ring (bicyclic) bond motifs is 1. The molecule has 0 bridgehead atoms. The van der Waals surface area contributed by atoms with E-state index in [1.54, 1.807) is 12.1 Å². The van der Waals surface area contributed by atoms with Crippen LogP contribution in [0.25, 0.3) is 0 Å². The minimum atomic E-state index is -0.0513. The van der Waals surface area contributed by atoms with Crippen molar-refractivity contribution >= 4 is 11.6 Å². The Morgan fingerprint density at radius 3 is 2.21 bits per heavy atom. The highest BCUT2D eigenvalue weighted by molar-refractivity contribution is 6.08. The standard InChI is InChI=1S/C23H29NO4/c1-5-26-20-14-18(15-21(27-6-2)22(20)28-7-3)23(25)24-16(4)12-13-17-10-8-9-11-19(17)24/h8-11,14-16H,5-7,12-13H2,1-4H3. The predicted molar refractivity (Wildman–Crippen MR) is 111 cm³/mol. The zero-order valence-corrected chi connectivity index (χ0v) is 17.2. The van der Waals surface area contributed by atoms with Crippen molar-refractivity contribution in [1.29, 1.82) is 0 Å². The summed E-state index contributed by atoms with van der Waals surface area (Å²) < 4.78 is 17.3. The van der Waals surface area contributed by atoms with Crippen LogP contribution in [0.2, 0.25) is 0 Å². The van der Waals surface area contributed by atoms with Gasteiger partial charge in [-0.2, -0.15) is 0 Å². The summed E-state index contributed by atoms with van der Waals surface area (Å²) in [5.41, 5.74) is 2.73. The van der Waals surface area contributed by atoms with Crippen molar-refractivity contribution in [2.45, 2.75) is 46.6 Å². The van der Waals surface area contributed by atoms with Crippen molar-refractivity contribution in [3.63, 3.8) is 0 Å². The zero-order chi connectivity index (χ0) is 20.1. The van der Waals surface area contributed by atoms with Gasteiger partial charge in [0.15, 0.2) is 11.5 Å². The third kappa shape index (κ3) is 3.93. The maximum Gasteiger partial charge on any atom is 0.258 e. The first-order chi connectivity index (χ1) is 13.6. The van der Waals surface area contributed by atoms with Crippen LogP contribution in [0.4, 0.5) is 5.69 Å². The molecule has 150 valence electrons. The van der Waals surface area contributed by atoms with E-state index in [1.165, 1.54) is 5.56 Å². The molecule has 1 unspecified atom stereocenters. The van der Waals surface area contributed by atoms with E-state index >= 15 is 0 Å². The summed E-state index contributed by atoms with van der Waals surface area (Å²) in [5, 5.41) is 0. The fraction of sp³-hybridized carbons (Fsp3) is 0.435. The SMILES string of the molecule is CCOc1cc(C(=O)N2c3ccccc3CCC2C)cc(OCC)c1OCC. The Morgan fingerprint density at radius 2 is 1.61 bits per heavy atom. The Hall–Kier alpha value is -2.69. The number of anilines is 1. The maximum atomic E-state index is 13.5. The number of carbonyl (C=O) groups is 1. The van der Waals surface area contributed by atoms with E-state index in [0.29, 0.717) is 42.6 Å². The highest BCUT2D eigenvalue weighted by Crippen LogP contribution is 2.40. The van der Waals surface area contributed by atoms with E-state index in [9.17, 15) is 4.79 Å². The maximum absolute atomic E-state index is 13.5. The molecule has 0 saturated carbocycles. The van der Waals surface area contributed by atoms with Gasteiger partial charge in [0.1, 0.15) is 0 Å². The second-order valence-electron chi connectivity index (χ2n) is 6.79. The number of nitrogens with zero attached hydrogens (tertiary/aromatic N) is 1. The van der Waals surface area contributed by atoms with Gasteiger partial charge in [-0.25, -0.2) is 0 Å². The lowest BCUT2D eigenvalue weighted by molar-refractivity contribution is 0.0974. The van der Waals surface area contributed by atoms with Crippen molar-refractivity contribution in [1.82, 2.24) is 0 Å². The molecular weight excluding hydrogens is 354 g/mol. The fourth-order valence-corrected chi connectivity index (χ4v) is 3.65. The molecule has 0 aliphatic carbocycles. The van der Waals surface area contributed by atoms with Gasteiger partial charge in [0.25, 0.3) is 5.91 Å². The summed E-state index contributed by atoms with van der Waals surface area (Å²) in [7, 11) is 0. The van der Waals surface area contributed by atoms with Crippen molar-refractivity contribution in [3.05, 3.63) is 47.5 Å². The molecule has 0 saturated heterocycles. The van der Waals surface area contributed by atoms with E-state index < -0.39 is 0 Å². The van der Waals surface area contributed by atoms with Crippen molar-refractivity contribution in [2.24, 2.45) is 0 Å². The van der Waals surface area contributed by atoms with Crippen LogP contribution in [0.15, 0.2) is 36.4 Å². The average Bonchev–Trinajstić information content (AvgIpc) is 2.70. The molecule has 0 spiro atoms. The normalized spacial score (nSPS) is 15.7. The first-order valence-electron chi connectivity index (χ1n) is 10.1. The van der Waals surface area contributed by atoms with Gasteiger partial charge < -0.3 is 19.1 Å². The second-order valence-corrected chi connectivity index (χ2v) is 6.79. The number of hydrogen-bond acceptors (Lipinski definition) is 4. The van der Waals surface area contributed by atoms with Crippen LogP contribution in [-0.2, 0) is 6.42 Å². The molecule has 0 N–H and O–H groups in total. The Labute approximate surface area is 167 Å². The summed E-state index contributed by atoms with van der Waals surface area (Å²) >= 11 is 0. The Kier molecular flexibility index (Phi) is 6.45. The fourth-order valence-electron chi connectivity index (χ4n) is 3.65. The van der Waals surface area contributed by atoms with Gasteiger partial charge in [-0.05, 0) is 64.3 Å². The smallest absolute Gasteiger partial charge is 0.258 e. The predicted octanol–water partition coefficient (Wildman–Crippen LogP) is 4.86. The third-order valence-corrected chi connectivity index (χ3v) is 4.90. The molecule has 5 nitrogen and oxygen atoms in total. The number of amides is 1. The number of para-hydroxylation sites is 1. The van der Waals surface area contributed by atoms with Gasteiger partial charge in [-0.3, -0.25) is 4.79 Å². The van der Waals surface area contributed by atoms with Gasteiger partial charge in [-0.15, -0.1) is 0 Å². The molecule has 1 heterocycles. The number of rotatable bonds is 7. The number of carbonyl (C=O) groups excluding carboxylic acids is 1. The Balaban J connectivity index is 2.06. The molecule has 1 amide bonds. The van der Waals surface area contributed by atoms with Crippen LogP contribution >= 0.6 is 0 Å². The van der Waals surface area contributed by atoms with Crippen LogP contribution in [0, 0.1) is 0 Å². The minimum absolute atomic E-state index is 0.0513. The molecule has 3 rings (SSSR count). The van der Waals surface area contributed by atoms with Gasteiger partial charge in [0, 0.05) is 17.3 Å². The molecule has 1 aliphatic rings. The molecule has 2 aromatic carbocycles. The molecule has 0 radical (unpaired) electrons. The Bertz CT molecular complexity index is 806. The molecule has 1 aliphatic heterocycles. The summed E-state index contributed by atoms with van der Waals surface area (Å²) in [6.07, 6.45) is 1.93. The zero-order valence-electron chi connectivity index (χ0n) is 17.2. The van der Waals surface area contributed by atoms with Gasteiger partial charge in [-0.1, -0.05) is 18.2 Å². The molecule has 0 aromatic heterocycles. The molecule has 5 heteroatoms. The Morgan fingerprint density at radius 1 is 1.00 bits per heavy atom. The molecule has 28 heavy (non-hydrogen) atoms. The summed E-state index contributed by atoms with van der Waals surface area (Å²) in [5.74, 6) is 1.58. The molecule has 1 atom stereocenters. The first kappa shape index (κ1) is 20.1. The van der Waals surface area contributed by atoms with Crippen molar-refractivity contribution in [2.75, 3.05) is 24.7 Å². The van der Waals surface area contributed by atoms with Gasteiger partial charge in [0.05, 0.1) is 19.8 Å². The lowest BCUT2D eigenvalue weighted by Crippen LogP contribution is -2.42. The van der Waals surface area contributed by atoms with E-state index in [1.807, 2.05) is 43.9 Å². The van der Waals surface area contributed by atoms with E-state index in [4.69, 9.17) is 14.2 Å². The van der Waals surface area contributed by atoms with E-state index in [-0.39, 0.29) is 11.9 Å². The van der Waals surface area contributed by atoms with Crippen LogP contribution < -0.4 is 19.1 Å². The largest absolute Gasteiger partial charge is 0.490 e. The number of benzene rings is 2. The quantitative estimate of drug-likeness (QED) is 0.685. The van der Waals surface area contributed by atoms with E-state index in [0.717, 1.165) is 18.5 Å².